The van der Waals surface area contributed by atoms with Gasteiger partial charge in [0.05, 0.1) is 25.3 Å². The smallest absolute Gasteiger partial charge is 0.261 e. The number of nitrogens with one attached hydrogen (secondary N) is 1. The molecular formula is C24H33FN2O6S. The minimum Gasteiger partial charge on any atom is -0.497 e. The van der Waals surface area contributed by atoms with Crippen LogP contribution in [0.15, 0.2) is 53.4 Å². The highest BCUT2D eigenvalue weighted by Crippen LogP contribution is 2.27. The van der Waals surface area contributed by atoms with E-state index in [-0.39, 0.29) is 23.8 Å². The predicted octanol–water partition coefficient (Wildman–Crippen LogP) is 3.93. The second-order valence-corrected chi connectivity index (χ2v) is 10.1. The number of carbonyl (C=O) groups excluding carboxylic acids is 1. The Labute approximate surface area is 200 Å². The number of nitrogens with zero attached hydrogens (tertiary/aromatic N) is 1. The number of alkyl halides is 1. The average Bonchev–Trinajstić information content (AvgIpc) is 2.84. The van der Waals surface area contributed by atoms with Crippen LogP contribution in [0.2, 0.25) is 0 Å². The maximum Gasteiger partial charge on any atom is 0.261 e. The van der Waals surface area contributed by atoms with Crippen LogP contribution in [0, 0.1) is 5.92 Å². The summed E-state index contributed by atoms with van der Waals surface area (Å²) in [6.45, 7) is 3.56. The van der Waals surface area contributed by atoms with Gasteiger partial charge in [-0.3, -0.25) is 14.4 Å². The van der Waals surface area contributed by atoms with E-state index in [1.807, 2.05) is 13.8 Å². The van der Waals surface area contributed by atoms with Crippen molar-refractivity contribution in [1.82, 2.24) is 9.79 Å². The van der Waals surface area contributed by atoms with Crippen molar-refractivity contribution in [2.75, 3.05) is 20.4 Å². The zero-order valence-electron chi connectivity index (χ0n) is 19.7. The number of ether oxygens (including phenoxy) is 2. The Kier molecular flexibility index (Phi) is 10.7. The van der Waals surface area contributed by atoms with E-state index in [0.29, 0.717) is 36.5 Å². The minimum absolute atomic E-state index is 0.0170. The summed E-state index contributed by atoms with van der Waals surface area (Å²) in [5.41, 5.74) is 2.26. The lowest BCUT2D eigenvalue weighted by Gasteiger charge is -2.30. The normalized spacial score (nSPS) is 12.6. The van der Waals surface area contributed by atoms with E-state index < -0.39 is 28.6 Å². The molecule has 8 nitrogen and oxygen atoms in total. The van der Waals surface area contributed by atoms with Gasteiger partial charge in [0, 0.05) is 6.54 Å². The van der Waals surface area contributed by atoms with Gasteiger partial charge < -0.3 is 9.47 Å². The molecule has 1 atom stereocenters. The molecule has 0 aromatic heterocycles. The summed E-state index contributed by atoms with van der Waals surface area (Å²) in [4.78, 5) is 12.5. The lowest BCUT2D eigenvalue weighted by Crippen LogP contribution is -2.49. The average molecular weight is 497 g/mol. The molecule has 0 bridgehead atoms. The van der Waals surface area contributed by atoms with Crippen molar-refractivity contribution in [3.8, 4) is 11.5 Å². The molecule has 2 rings (SSSR count). The van der Waals surface area contributed by atoms with Crippen LogP contribution in [0.1, 0.15) is 38.7 Å². The first-order valence-corrected chi connectivity index (χ1v) is 12.5. The first-order valence-electron chi connectivity index (χ1n) is 11.1. The predicted molar refractivity (Wildman–Crippen MR) is 126 cm³/mol. The van der Waals surface area contributed by atoms with Gasteiger partial charge in [0.15, 0.2) is 0 Å². The van der Waals surface area contributed by atoms with Crippen molar-refractivity contribution < 1.29 is 32.3 Å². The summed E-state index contributed by atoms with van der Waals surface area (Å²) in [6, 6.07) is 11.6. The molecule has 0 saturated heterocycles. The van der Waals surface area contributed by atoms with Crippen molar-refractivity contribution in [3.05, 3.63) is 54.1 Å². The lowest BCUT2D eigenvalue weighted by atomic mass is 10.0. The number of sulfonamides is 1. The molecule has 34 heavy (non-hydrogen) atoms. The van der Waals surface area contributed by atoms with E-state index in [9.17, 15) is 22.8 Å². The Morgan fingerprint density at radius 1 is 1.06 bits per heavy atom. The largest absolute Gasteiger partial charge is 0.497 e. The van der Waals surface area contributed by atoms with Crippen LogP contribution >= 0.6 is 0 Å². The Morgan fingerprint density at radius 2 is 1.68 bits per heavy atom. The molecule has 0 spiro atoms. The monoisotopic (exact) mass is 496 g/mol. The number of halogens is 1. The van der Waals surface area contributed by atoms with Crippen molar-refractivity contribution in [2.24, 2.45) is 5.92 Å². The van der Waals surface area contributed by atoms with Crippen molar-refractivity contribution in [3.63, 3.8) is 0 Å². The summed E-state index contributed by atoms with van der Waals surface area (Å²) >= 11 is 0. The highest BCUT2D eigenvalue weighted by molar-refractivity contribution is 7.89. The molecule has 2 aromatic carbocycles. The van der Waals surface area contributed by atoms with Crippen LogP contribution in [-0.2, 0) is 21.4 Å². The highest BCUT2D eigenvalue weighted by Gasteiger charge is 2.36. The first kappa shape index (κ1) is 27.6. The number of benzene rings is 2. The fourth-order valence-electron chi connectivity index (χ4n) is 3.38. The summed E-state index contributed by atoms with van der Waals surface area (Å²) in [5, 5.41) is 9.32. The highest BCUT2D eigenvalue weighted by atomic mass is 32.2. The molecule has 0 aliphatic heterocycles. The van der Waals surface area contributed by atoms with Crippen LogP contribution in [0.4, 0.5) is 4.39 Å². The lowest BCUT2D eigenvalue weighted by molar-refractivity contribution is -0.133. The Morgan fingerprint density at radius 3 is 2.21 bits per heavy atom. The molecule has 2 N–H and O–H groups in total. The van der Waals surface area contributed by atoms with Crippen LogP contribution in [-0.4, -0.2) is 50.3 Å². The molecule has 2 aromatic rings. The summed E-state index contributed by atoms with van der Waals surface area (Å²) < 4.78 is 51.3. The minimum atomic E-state index is -4.14. The number of rotatable bonds is 14. The molecular weight excluding hydrogens is 463 g/mol. The number of hydrogen-bond acceptors (Lipinski definition) is 6. The molecule has 0 unspecified atom stereocenters. The Balaban J connectivity index is 2.39. The van der Waals surface area contributed by atoms with Gasteiger partial charge in [-0.25, -0.2) is 13.9 Å². The Hall–Kier alpha value is -2.69. The van der Waals surface area contributed by atoms with Crippen LogP contribution in [0.25, 0.3) is 0 Å². The SMILES string of the molecule is COc1ccc(CN([C@H](CC(C)C)C(=O)NO)S(=O)(=O)c2ccc(OCCCCF)cc2)cc1. The number of hydroxylamine groups is 1. The van der Waals surface area contributed by atoms with Crippen LogP contribution in [0.3, 0.4) is 0 Å². The van der Waals surface area contributed by atoms with Gasteiger partial charge in [-0.2, -0.15) is 4.31 Å². The van der Waals surface area contributed by atoms with E-state index in [2.05, 4.69) is 0 Å². The third-order valence-corrected chi connectivity index (χ3v) is 7.05. The molecule has 10 heteroatoms. The van der Waals surface area contributed by atoms with Crippen molar-refractivity contribution in [1.29, 1.82) is 0 Å². The summed E-state index contributed by atoms with van der Waals surface area (Å²) in [7, 11) is -2.60. The van der Waals surface area contributed by atoms with E-state index in [4.69, 9.17) is 9.47 Å². The molecule has 0 saturated carbocycles. The van der Waals surface area contributed by atoms with Gasteiger partial charge in [0.1, 0.15) is 17.5 Å². The molecule has 0 heterocycles. The van der Waals surface area contributed by atoms with E-state index in [0.717, 1.165) is 4.31 Å². The zero-order valence-corrected chi connectivity index (χ0v) is 20.6. The van der Waals surface area contributed by atoms with E-state index in [1.165, 1.54) is 31.4 Å². The van der Waals surface area contributed by atoms with Gasteiger partial charge in [-0.15, -0.1) is 0 Å². The zero-order chi connectivity index (χ0) is 25.1. The van der Waals surface area contributed by atoms with Crippen molar-refractivity contribution >= 4 is 15.9 Å². The van der Waals surface area contributed by atoms with Gasteiger partial charge in [-0.1, -0.05) is 26.0 Å². The topological polar surface area (TPSA) is 105 Å². The second kappa shape index (κ2) is 13.3. The second-order valence-electron chi connectivity index (χ2n) is 8.24. The number of hydrogen-bond donors (Lipinski definition) is 2. The molecule has 188 valence electrons. The maximum absolute atomic E-state index is 13.7. The standard InChI is InChI=1S/C24H33FN2O6S/c1-18(2)16-23(24(28)26-29)27(17-19-6-8-20(32-3)9-7-19)34(30,31)22-12-10-21(11-13-22)33-15-5-4-14-25/h6-13,18,23,29H,4-5,14-17H2,1-3H3,(H,26,28)/t23-/m1/s1. The first-order chi connectivity index (χ1) is 16.2. The quantitative estimate of drug-likeness (QED) is 0.233. The van der Waals surface area contributed by atoms with Gasteiger partial charge in [0.25, 0.3) is 5.91 Å². The molecule has 1 amide bonds. The summed E-state index contributed by atoms with van der Waals surface area (Å²) in [6.07, 6.45) is 1.16. The van der Waals surface area contributed by atoms with Crippen LogP contribution in [0.5, 0.6) is 11.5 Å². The molecule has 0 fully saturated rings. The third kappa shape index (κ3) is 7.68. The summed E-state index contributed by atoms with van der Waals surface area (Å²) in [5.74, 6) is 0.257. The van der Waals surface area contributed by atoms with Gasteiger partial charge in [0.2, 0.25) is 10.0 Å². The van der Waals surface area contributed by atoms with Gasteiger partial charge in [-0.05, 0) is 67.1 Å². The number of unbranched alkanes of at least 4 members (excludes halogenated alkanes) is 1. The fourth-order valence-corrected chi connectivity index (χ4v) is 4.97. The number of amides is 1. The van der Waals surface area contributed by atoms with E-state index >= 15 is 0 Å². The third-order valence-electron chi connectivity index (χ3n) is 5.18. The van der Waals surface area contributed by atoms with E-state index in [1.54, 1.807) is 29.7 Å². The molecule has 0 aliphatic carbocycles. The Bertz CT molecular complexity index is 997. The maximum atomic E-state index is 13.7. The number of methoxy groups -OCH3 is 1. The van der Waals surface area contributed by atoms with Crippen LogP contribution < -0.4 is 15.0 Å². The molecule has 0 aliphatic rings. The van der Waals surface area contributed by atoms with Gasteiger partial charge >= 0.3 is 0 Å². The fraction of sp³-hybridized carbons (Fsp3) is 0.458. The van der Waals surface area contributed by atoms with Crippen molar-refractivity contribution in [2.45, 2.75) is 50.6 Å². The number of carbonyl (C=O) groups is 1. The molecule has 0 radical (unpaired) electrons.